The van der Waals surface area contributed by atoms with Crippen LogP contribution in [0.25, 0.3) is 0 Å². The SMILES string of the molecule is CN(Cc1ccc(CN[C@@H]2CCC(=O)N[C@H]2c2cc(F)cc(F)c2)o1)S(C)(=O)=O. The zero-order valence-corrected chi connectivity index (χ0v) is 16.9. The van der Waals surface area contributed by atoms with E-state index < -0.39 is 27.7 Å². The number of hydrogen-bond acceptors (Lipinski definition) is 5. The van der Waals surface area contributed by atoms with Gasteiger partial charge in [-0.1, -0.05) is 0 Å². The third-order valence-corrected chi connectivity index (χ3v) is 6.11. The van der Waals surface area contributed by atoms with Crippen molar-refractivity contribution < 1.29 is 26.4 Å². The molecule has 2 atom stereocenters. The van der Waals surface area contributed by atoms with E-state index in [2.05, 4.69) is 10.6 Å². The van der Waals surface area contributed by atoms with Crippen molar-refractivity contribution in [2.75, 3.05) is 13.3 Å². The molecule has 3 rings (SSSR count). The molecule has 2 N–H and O–H groups in total. The van der Waals surface area contributed by atoms with E-state index in [1.54, 1.807) is 12.1 Å². The number of carbonyl (C=O) groups is 1. The predicted octanol–water partition coefficient (Wildman–Crippen LogP) is 2.06. The van der Waals surface area contributed by atoms with Gasteiger partial charge in [-0.05, 0) is 36.2 Å². The molecule has 29 heavy (non-hydrogen) atoms. The zero-order valence-electron chi connectivity index (χ0n) is 16.1. The van der Waals surface area contributed by atoms with Crippen LogP contribution in [0.4, 0.5) is 8.78 Å². The van der Waals surface area contributed by atoms with Crippen molar-refractivity contribution in [1.82, 2.24) is 14.9 Å². The Hall–Kier alpha value is -2.30. The highest BCUT2D eigenvalue weighted by atomic mass is 32.2. The number of carbonyl (C=O) groups excluding carboxylic acids is 1. The first-order valence-electron chi connectivity index (χ1n) is 9.09. The summed E-state index contributed by atoms with van der Waals surface area (Å²) in [6, 6.07) is 5.81. The zero-order chi connectivity index (χ0) is 21.2. The lowest BCUT2D eigenvalue weighted by Gasteiger charge is -2.33. The minimum Gasteiger partial charge on any atom is -0.463 e. The largest absolute Gasteiger partial charge is 0.463 e. The van der Waals surface area contributed by atoms with Gasteiger partial charge in [0.05, 0.1) is 25.4 Å². The average molecular weight is 427 g/mol. The van der Waals surface area contributed by atoms with Gasteiger partial charge in [0.25, 0.3) is 0 Å². The molecule has 1 aromatic carbocycles. The van der Waals surface area contributed by atoms with E-state index in [-0.39, 0.29) is 18.5 Å². The van der Waals surface area contributed by atoms with Gasteiger partial charge in [-0.25, -0.2) is 17.2 Å². The van der Waals surface area contributed by atoms with Crippen LogP contribution in [0.5, 0.6) is 0 Å². The fourth-order valence-electron chi connectivity index (χ4n) is 3.26. The summed E-state index contributed by atoms with van der Waals surface area (Å²) in [7, 11) is -1.85. The molecule has 0 saturated carbocycles. The van der Waals surface area contributed by atoms with Gasteiger partial charge in [0.15, 0.2) is 0 Å². The van der Waals surface area contributed by atoms with Gasteiger partial charge in [-0.3, -0.25) is 4.79 Å². The van der Waals surface area contributed by atoms with Gasteiger partial charge >= 0.3 is 0 Å². The number of amides is 1. The van der Waals surface area contributed by atoms with Gasteiger partial charge in [-0.2, -0.15) is 4.31 Å². The molecule has 2 aromatic rings. The first-order valence-corrected chi connectivity index (χ1v) is 10.9. The Morgan fingerprint density at radius 1 is 1.21 bits per heavy atom. The van der Waals surface area contributed by atoms with Crippen molar-refractivity contribution in [2.24, 2.45) is 0 Å². The Bertz CT molecular complexity index is 973. The number of benzene rings is 1. The summed E-state index contributed by atoms with van der Waals surface area (Å²) in [5, 5.41) is 6.04. The number of piperidine rings is 1. The maximum Gasteiger partial charge on any atom is 0.220 e. The van der Waals surface area contributed by atoms with Crippen LogP contribution < -0.4 is 10.6 Å². The van der Waals surface area contributed by atoms with Crippen molar-refractivity contribution in [3.8, 4) is 0 Å². The van der Waals surface area contributed by atoms with Crippen molar-refractivity contribution in [3.05, 3.63) is 59.1 Å². The molecular weight excluding hydrogens is 404 g/mol. The second-order valence-electron chi connectivity index (χ2n) is 7.16. The van der Waals surface area contributed by atoms with Crippen molar-refractivity contribution in [2.45, 2.75) is 38.0 Å². The predicted molar refractivity (Wildman–Crippen MR) is 102 cm³/mol. The fraction of sp³-hybridized carbons (Fsp3) is 0.421. The molecule has 1 aliphatic heterocycles. The highest BCUT2D eigenvalue weighted by Gasteiger charge is 2.30. The number of furan rings is 1. The van der Waals surface area contributed by atoms with E-state index in [0.29, 0.717) is 36.5 Å². The summed E-state index contributed by atoms with van der Waals surface area (Å²) in [4.78, 5) is 11.8. The Labute approximate surface area is 168 Å². The van der Waals surface area contributed by atoms with E-state index in [0.717, 1.165) is 12.3 Å². The summed E-state index contributed by atoms with van der Waals surface area (Å²) in [5.41, 5.74) is 0.350. The maximum atomic E-state index is 13.6. The molecule has 2 heterocycles. The van der Waals surface area contributed by atoms with E-state index in [1.165, 1.54) is 23.5 Å². The second-order valence-corrected chi connectivity index (χ2v) is 9.25. The molecule has 1 amide bonds. The van der Waals surface area contributed by atoms with Crippen LogP contribution in [-0.4, -0.2) is 38.0 Å². The molecule has 0 unspecified atom stereocenters. The minimum atomic E-state index is -3.32. The van der Waals surface area contributed by atoms with Crippen molar-refractivity contribution in [3.63, 3.8) is 0 Å². The summed E-state index contributed by atoms with van der Waals surface area (Å²) in [6.07, 6.45) is 1.92. The Balaban J connectivity index is 1.67. The van der Waals surface area contributed by atoms with Gasteiger partial charge < -0.3 is 15.1 Å². The van der Waals surface area contributed by atoms with Gasteiger partial charge in [0.1, 0.15) is 23.2 Å². The molecule has 0 radical (unpaired) electrons. The lowest BCUT2D eigenvalue weighted by Crippen LogP contribution is -2.48. The number of nitrogens with one attached hydrogen (secondary N) is 2. The monoisotopic (exact) mass is 427 g/mol. The van der Waals surface area contributed by atoms with E-state index in [1.807, 2.05) is 0 Å². The number of rotatable bonds is 7. The summed E-state index contributed by atoms with van der Waals surface area (Å²) in [5.74, 6) is -0.506. The first-order chi connectivity index (χ1) is 13.6. The highest BCUT2D eigenvalue weighted by Crippen LogP contribution is 2.26. The Morgan fingerprint density at radius 3 is 2.52 bits per heavy atom. The standard InChI is InChI=1S/C19H23F2N3O4S/c1-24(29(2,26)27)11-16-4-3-15(28-16)10-22-17-5-6-18(25)23-19(17)12-7-13(20)9-14(21)8-12/h3-4,7-9,17,19,22H,5-6,10-11H2,1-2H3,(H,23,25)/t17-,19+/m1/s1. The molecule has 7 nitrogen and oxygen atoms in total. The topological polar surface area (TPSA) is 91.7 Å². The molecule has 1 aliphatic rings. The molecule has 0 aliphatic carbocycles. The van der Waals surface area contributed by atoms with Crippen LogP contribution in [0.2, 0.25) is 0 Å². The number of nitrogens with zero attached hydrogens (tertiary/aromatic N) is 1. The summed E-state index contributed by atoms with van der Waals surface area (Å²) in [6.45, 7) is 0.431. The van der Waals surface area contributed by atoms with E-state index >= 15 is 0 Å². The number of hydrogen-bond donors (Lipinski definition) is 2. The quantitative estimate of drug-likeness (QED) is 0.706. The Morgan fingerprint density at radius 2 is 1.86 bits per heavy atom. The van der Waals surface area contributed by atoms with Gasteiger partial charge in [-0.15, -0.1) is 0 Å². The van der Waals surface area contributed by atoms with Crippen LogP contribution in [0, 0.1) is 11.6 Å². The molecule has 1 fully saturated rings. The lowest BCUT2D eigenvalue weighted by atomic mass is 9.91. The fourth-order valence-corrected chi connectivity index (χ4v) is 3.62. The van der Waals surface area contributed by atoms with E-state index in [9.17, 15) is 22.0 Å². The molecule has 10 heteroatoms. The Kier molecular flexibility index (Phi) is 6.35. The molecule has 1 saturated heterocycles. The number of halogens is 2. The smallest absolute Gasteiger partial charge is 0.220 e. The van der Waals surface area contributed by atoms with Crippen LogP contribution in [0.3, 0.4) is 0 Å². The highest BCUT2D eigenvalue weighted by molar-refractivity contribution is 7.88. The van der Waals surface area contributed by atoms with Crippen LogP contribution >= 0.6 is 0 Å². The molecule has 158 valence electrons. The summed E-state index contributed by atoms with van der Waals surface area (Å²) < 4.78 is 57.1. The molecular formula is C19H23F2N3O4S. The maximum absolute atomic E-state index is 13.6. The third-order valence-electron chi connectivity index (χ3n) is 4.85. The normalized spacial score (nSPS) is 20.1. The van der Waals surface area contributed by atoms with Crippen LogP contribution in [-0.2, 0) is 27.9 Å². The second kappa shape index (κ2) is 8.60. The van der Waals surface area contributed by atoms with Crippen LogP contribution in [0.15, 0.2) is 34.7 Å². The molecule has 0 bridgehead atoms. The average Bonchev–Trinajstić information content (AvgIpc) is 3.06. The third kappa shape index (κ3) is 5.62. The first kappa shape index (κ1) is 21.4. The summed E-state index contributed by atoms with van der Waals surface area (Å²) >= 11 is 0. The van der Waals surface area contributed by atoms with Gasteiger partial charge in [0.2, 0.25) is 15.9 Å². The van der Waals surface area contributed by atoms with Crippen molar-refractivity contribution >= 4 is 15.9 Å². The lowest BCUT2D eigenvalue weighted by molar-refractivity contribution is -0.123. The minimum absolute atomic E-state index is 0.115. The molecule has 0 spiro atoms. The molecule has 1 aromatic heterocycles. The number of sulfonamides is 1. The van der Waals surface area contributed by atoms with Crippen LogP contribution in [0.1, 0.15) is 36.0 Å². The van der Waals surface area contributed by atoms with Crippen molar-refractivity contribution in [1.29, 1.82) is 0 Å². The van der Waals surface area contributed by atoms with E-state index in [4.69, 9.17) is 4.42 Å². The van der Waals surface area contributed by atoms with Gasteiger partial charge in [0, 0.05) is 25.6 Å².